The second-order valence-electron chi connectivity index (χ2n) is 4.96. The lowest BCUT2D eigenvalue weighted by Gasteiger charge is -2.18. The van der Waals surface area contributed by atoms with E-state index in [1.807, 2.05) is 13.8 Å². The SMILES string of the molecule is CC(C)CCN(C)S(=O)(=O)c1cccc(N)c1[N+](=O)[O-]. The van der Waals surface area contributed by atoms with Gasteiger partial charge in [0.2, 0.25) is 10.0 Å². The van der Waals surface area contributed by atoms with E-state index < -0.39 is 20.6 Å². The normalized spacial score (nSPS) is 12.1. The van der Waals surface area contributed by atoms with Crippen LogP contribution in [-0.2, 0) is 10.0 Å². The van der Waals surface area contributed by atoms with E-state index in [2.05, 4.69) is 0 Å². The third kappa shape index (κ3) is 3.45. The Morgan fingerprint density at radius 1 is 1.40 bits per heavy atom. The first-order valence-corrected chi connectivity index (χ1v) is 7.61. The summed E-state index contributed by atoms with van der Waals surface area (Å²) in [4.78, 5) is 9.89. The Morgan fingerprint density at radius 2 is 2.00 bits per heavy atom. The maximum atomic E-state index is 12.4. The van der Waals surface area contributed by atoms with Crippen LogP contribution in [0.4, 0.5) is 11.4 Å². The van der Waals surface area contributed by atoms with Gasteiger partial charge in [0.25, 0.3) is 0 Å². The van der Waals surface area contributed by atoms with Gasteiger partial charge in [-0.3, -0.25) is 10.1 Å². The maximum Gasteiger partial charge on any atom is 0.312 e. The van der Waals surface area contributed by atoms with Crippen molar-refractivity contribution in [3.63, 3.8) is 0 Å². The molecule has 0 amide bonds. The van der Waals surface area contributed by atoms with E-state index in [1.54, 1.807) is 0 Å². The molecule has 0 aliphatic rings. The van der Waals surface area contributed by atoms with Crippen molar-refractivity contribution in [3.8, 4) is 0 Å². The first-order valence-electron chi connectivity index (χ1n) is 6.17. The van der Waals surface area contributed by atoms with Crippen LogP contribution < -0.4 is 5.73 Å². The predicted octanol–water partition coefficient (Wildman–Crippen LogP) is 1.84. The van der Waals surface area contributed by atoms with E-state index in [-0.39, 0.29) is 10.6 Å². The molecule has 1 aromatic rings. The third-order valence-electron chi connectivity index (χ3n) is 2.92. The molecule has 0 heterocycles. The van der Waals surface area contributed by atoms with E-state index in [0.717, 1.165) is 4.31 Å². The summed E-state index contributed by atoms with van der Waals surface area (Å²) in [7, 11) is -2.51. The molecule has 0 fully saturated rings. The van der Waals surface area contributed by atoms with E-state index >= 15 is 0 Å². The van der Waals surface area contributed by atoms with Gasteiger partial charge in [-0.15, -0.1) is 0 Å². The number of benzene rings is 1. The fraction of sp³-hybridized carbons (Fsp3) is 0.500. The van der Waals surface area contributed by atoms with Crippen LogP contribution in [-0.4, -0.2) is 31.2 Å². The molecule has 2 N–H and O–H groups in total. The van der Waals surface area contributed by atoms with Crippen LogP contribution >= 0.6 is 0 Å². The highest BCUT2D eigenvalue weighted by Crippen LogP contribution is 2.31. The van der Waals surface area contributed by atoms with Crippen LogP contribution in [0.5, 0.6) is 0 Å². The van der Waals surface area contributed by atoms with Crippen LogP contribution in [0.15, 0.2) is 23.1 Å². The molecule has 0 saturated heterocycles. The molecule has 0 saturated carbocycles. The molecule has 0 spiro atoms. The molecule has 0 aromatic heterocycles. The number of hydrogen-bond donors (Lipinski definition) is 1. The summed E-state index contributed by atoms with van der Waals surface area (Å²) in [5, 5.41) is 11.0. The van der Waals surface area contributed by atoms with Crippen LogP contribution in [0.25, 0.3) is 0 Å². The molecule has 0 atom stereocenters. The second-order valence-corrected chi connectivity index (χ2v) is 6.97. The monoisotopic (exact) mass is 301 g/mol. The predicted molar refractivity (Wildman–Crippen MR) is 76.8 cm³/mol. The molecule has 0 aliphatic heterocycles. The lowest BCUT2D eigenvalue weighted by Crippen LogP contribution is -2.29. The lowest BCUT2D eigenvalue weighted by atomic mass is 10.1. The minimum Gasteiger partial charge on any atom is -0.393 e. The number of hydrogen-bond acceptors (Lipinski definition) is 5. The van der Waals surface area contributed by atoms with Gasteiger partial charge >= 0.3 is 5.69 Å². The van der Waals surface area contributed by atoms with Crippen LogP contribution in [0.3, 0.4) is 0 Å². The number of para-hydroxylation sites is 1. The Balaban J connectivity index is 3.22. The zero-order valence-corrected chi connectivity index (χ0v) is 12.6. The summed E-state index contributed by atoms with van der Waals surface area (Å²) in [5.74, 6) is 0.337. The van der Waals surface area contributed by atoms with E-state index in [4.69, 9.17) is 5.73 Å². The van der Waals surface area contributed by atoms with Crippen LogP contribution in [0.1, 0.15) is 20.3 Å². The number of nitro groups is 1. The fourth-order valence-corrected chi connectivity index (χ4v) is 3.04. The Labute approximate surface area is 118 Å². The summed E-state index contributed by atoms with van der Waals surface area (Å²) in [6.07, 6.45) is 0.672. The number of nitrogen functional groups attached to an aromatic ring is 1. The summed E-state index contributed by atoms with van der Waals surface area (Å²) in [6.45, 7) is 4.25. The van der Waals surface area contributed by atoms with Gasteiger partial charge in [-0.1, -0.05) is 19.9 Å². The third-order valence-corrected chi connectivity index (χ3v) is 4.81. The molecule has 20 heavy (non-hydrogen) atoms. The van der Waals surface area contributed by atoms with Gasteiger partial charge in [-0.25, -0.2) is 12.7 Å². The first-order chi connectivity index (χ1) is 9.17. The van der Waals surface area contributed by atoms with Crippen molar-refractivity contribution in [3.05, 3.63) is 28.3 Å². The molecule has 8 heteroatoms. The van der Waals surface area contributed by atoms with Crippen molar-refractivity contribution in [2.45, 2.75) is 25.2 Å². The Bertz CT molecular complexity index is 599. The number of nitrogens with two attached hydrogens (primary N) is 1. The number of rotatable bonds is 6. The van der Waals surface area contributed by atoms with E-state index in [0.29, 0.717) is 18.9 Å². The molecule has 112 valence electrons. The Morgan fingerprint density at radius 3 is 2.50 bits per heavy atom. The van der Waals surface area contributed by atoms with Crippen LogP contribution in [0.2, 0.25) is 0 Å². The standard InChI is InChI=1S/C12H19N3O4S/c1-9(2)7-8-14(3)20(18,19)11-6-4-5-10(13)12(11)15(16)17/h4-6,9H,7-8,13H2,1-3H3. The van der Waals surface area contributed by atoms with Crippen LogP contribution in [0, 0.1) is 16.0 Å². The van der Waals surface area contributed by atoms with Gasteiger partial charge < -0.3 is 5.73 Å². The van der Waals surface area contributed by atoms with Gasteiger partial charge in [0.05, 0.1) is 4.92 Å². The molecule has 0 bridgehead atoms. The molecule has 0 radical (unpaired) electrons. The Kier molecular flexibility index (Phi) is 5.07. The zero-order valence-electron chi connectivity index (χ0n) is 11.7. The quantitative estimate of drug-likeness (QED) is 0.490. The Hall–Kier alpha value is -1.67. The smallest absolute Gasteiger partial charge is 0.312 e. The van der Waals surface area contributed by atoms with Crippen molar-refractivity contribution in [1.82, 2.24) is 4.31 Å². The minimum absolute atomic E-state index is 0.159. The van der Waals surface area contributed by atoms with E-state index in [9.17, 15) is 18.5 Å². The summed E-state index contributed by atoms with van der Waals surface area (Å²) < 4.78 is 25.9. The second kappa shape index (κ2) is 6.19. The molecule has 7 nitrogen and oxygen atoms in total. The topological polar surface area (TPSA) is 107 Å². The highest BCUT2D eigenvalue weighted by molar-refractivity contribution is 7.89. The van der Waals surface area contributed by atoms with Crippen molar-refractivity contribution in [2.24, 2.45) is 5.92 Å². The van der Waals surface area contributed by atoms with Crippen molar-refractivity contribution in [2.75, 3.05) is 19.3 Å². The zero-order chi connectivity index (χ0) is 15.5. The van der Waals surface area contributed by atoms with Gasteiger partial charge in [0.1, 0.15) is 5.69 Å². The maximum absolute atomic E-state index is 12.4. The van der Waals surface area contributed by atoms with Gasteiger partial charge in [-0.05, 0) is 24.5 Å². The summed E-state index contributed by atoms with van der Waals surface area (Å²) in [5.41, 5.74) is 4.79. The van der Waals surface area contributed by atoms with Crippen molar-refractivity contribution in [1.29, 1.82) is 0 Å². The van der Waals surface area contributed by atoms with Gasteiger partial charge in [-0.2, -0.15) is 0 Å². The average molecular weight is 301 g/mol. The number of nitro benzene ring substituents is 1. The number of sulfonamides is 1. The summed E-state index contributed by atoms with van der Waals surface area (Å²) >= 11 is 0. The van der Waals surface area contributed by atoms with Crippen molar-refractivity contribution >= 4 is 21.4 Å². The number of anilines is 1. The molecule has 1 rings (SSSR count). The molecular formula is C12H19N3O4S. The van der Waals surface area contributed by atoms with Crippen molar-refractivity contribution < 1.29 is 13.3 Å². The highest BCUT2D eigenvalue weighted by atomic mass is 32.2. The summed E-state index contributed by atoms with van der Waals surface area (Å²) in [6, 6.07) is 3.91. The lowest BCUT2D eigenvalue weighted by molar-refractivity contribution is -0.386. The molecule has 1 aromatic carbocycles. The number of nitrogens with zero attached hydrogens (tertiary/aromatic N) is 2. The van der Waals surface area contributed by atoms with Gasteiger partial charge in [0, 0.05) is 13.6 Å². The van der Waals surface area contributed by atoms with Gasteiger partial charge in [0.15, 0.2) is 4.90 Å². The average Bonchev–Trinajstić information content (AvgIpc) is 2.34. The fourth-order valence-electron chi connectivity index (χ4n) is 1.67. The molecule has 0 aliphatic carbocycles. The first kappa shape index (κ1) is 16.4. The highest BCUT2D eigenvalue weighted by Gasteiger charge is 2.31. The molecular weight excluding hydrogens is 282 g/mol. The van der Waals surface area contributed by atoms with E-state index in [1.165, 1.54) is 25.2 Å². The molecule has 0 unspecified atom stereocenters. The largest absolute Gasteiger partial charge is 0.393 e. The minimum atomic E-state index is -3.92.